The fourth-order valence-corrected chi connectivity index (χ4v) is 5.17. The van der Waals surface area contributed by atoms with Crippen LogP contribution in [0.4, 0.5) is 0 Å². The molecule has 0 spiro atoms. The average molecular weight is 380 g/mol. The Morgan fingerprint density at radius 3 is 1.57 bits per heavy atom. The first-order valence-corrected chi connectivity index (χ1v) is 10.1. The molecule has 4 nitrogen and oxygen atoms in total. The van der Waals surface area contributed by atoms with Gasteiger partial charge in [0, 0.05) is 5.41 Å². The molecule has 0 fully saturated rings. The largest absolute Gasteiger partial charge is 0.481 e. The second kappa shape index (κ2) is 8.17. The first-order chi connectivity index (χ1) is 13.5. The number of rotatable bonds is 8. The molecule has 0 aliphatic heterocycles. The van der Waals surface area contributed by atoms with Crippen molar-refractivity contribution in [2.45, 2.75) is 51.4 Å². The number of benzene rings is 2. The fourth-order valence-electron chi connectivity index (χ4n) is 5.17. The van der Waals surface area contributed by atoms with Gasteiger partial charge in [-0.15, -0.1) is 0 Å². The van der Waals surface area contributed by atoms with Crippen molar-refractivity contribution in [3.05, 3.63) is 70.8 Å². The maximum Gasteiger partial charge on any atom is 0.307 e. The molecule has 0 saturated heterocycles. The van der Waals surface area contributed by atoms with Crippen molar-refractivity contribution in [3.8, 4) is 0 Å². The monoisotopic (exact) mass is 380 g/mol. The molecule has 1 aliphatic carbocycles. The van der Waals surface area contributed by atoms with E-state index in [9.17, 15) is 19.8 Å². The molecule has 148 valence electrons. The van der Waals surface area contributed by atoms with Crippen molar-refractivity contribution in [1.29, 1.82) is 0 Å². The molecule has 28 heavy (non-hydrogen) atoms. The summed E-state index contributed by atoms with van der Waals surface area (Å²) < 4.78 is 0. The third-order valence-corrected chi connectivity index (χ3v) is 6.16. The van der Waals surface area contributed by atoms with Crippen molar-refractivity contribution in [1.82, 2.24) is 0 Å². The van der Waals surface area contributed by atoms with Crippen molar-refractivity contribution in [2.24, 2.45) is 11.8 Å². The van der Waals surface area contributed by atoms with Crippen LogP contribution in [-0.4, -0.2) is 22.2 Å². The van der Waals surface area contributed by atoms with Gasteiger partial charge in [0.05, 0.1) is 11.8 Å². The molecule has 2 atom stereocenters. The highest BCUT2D eigenvalue weighted by atomic mass is 16.4. The number of hydrogen-bond acceptors (Lipinski definition) is 2. The molecule has 2 unspecified atom stereocenters. The lowest BCUT2D eigenvalue weighted by atomic mass is 9.53. The predicted molar refractivity (Wildman–Crippen MR) is 109 cm³/mol. The first-order valence-electron chi connectivity index (χ1n) is 10.1. The van der Waals surface area contributed by atoms with Gasteiger partial charge in [0.1, 0.15) is 0 Å². The van der Waals surface area contributed by atoms with E-state index < -0.39 is 29.2 Å². The maximum atomic E-state index is 12.6. The molecule has 3 rings (SSSR count). The molecule has 0 heterocycles. The van der Waals surface area contributed by atoms with Gasteiger partial charge in [0.25, 0.3) is 0 Å². The van der Waals surface area contributed by atoms with E-state index in [1.54, 1.807) is 0 Å². The quantitative estimate of drug-likeness (QED) is 0.684. The summed E-state index contributed by atoms with van der Waals surface area (Å²) in [5.74, 6) is -3.44. The normalized spacial score (nSPS) is 16.5. The molecule has 2 aromatic rings. The standard InChI is InChI=1S/C24H28O4/c1-3-9-20(22(25)26)24(21(10-4-2)23(27)28)18-13-7-5-11-16(18)15-17-12-6-8-14-19(17)24/h5-8,11-14,20-21H,3-4,9-10,15H2,1-2H3,(H,25,26)(H,27,28). The minimum absolute atomic E-state index is 0.436. The number of carboxylic acids is 2. The van der Waals surface area contributed by atoms with Crippen LogP contribution >= 0.6 is 0 Å². The fraction of sp³-hybridized carbons (Fsp3) is 0.417. The molecule has 0 amide bonds. The molecular formula is C24H28O4. The second-order valence-corrected chi connectivity index (χ2v) is 7.72. The zero-order valence-electron chi connectivity index (χ0n) is 16.5. The Kier molecular flexibility index (Phi) is 5.87. The van der Waals surface area contributed by atoms with Crippen LogP contribution in [0, 0.1) is 11.8 Å². The van der Waals surface area contributed by atoms with Gasteiger partial charge in [-0.25, -0.2) is 0 Å². The Morgan fingerprint density at radius 2 is 1.21 bits per heavy atom. The van der Waals surface area contributed by atoms with Crippen molar-refractivity contribution >= 4 is 11.9 Å². The van der Waals surface area contributed by atoms with E-state index in [4.69, 9.17) is 0 Å². The van der Waals surface area contributed by atoms with Gasteiger partial charge in [-0.3, -0.25) is 9.59 Å². The summed E-state index contributed by atoms with van der Waals surface area (Å²) in [6.45, 7) is 3.92. The lowest BCUT2D eigenvalue weighted by Gasteiger charge is -2.48. The summed E-state index contributed by atoms with van der Waals surface area (Å²) in [5, 5.41) is 20.6. The Balaban J connectivity index is 2.44. The summed E-state index contributed by atoms with van der Waals surface area (Å²) in [5.41, 5.74) is 2.73. The van der Waals surface area contributed by atoms with Crippen LogP contribution in [0.5, 0.6) is 0 Å². The predicted octanol–water partition coefficient (Wildman–Crippen LogP) is 4.88. The summed E-state index contributed by atoms with van der Waals surface area (Å²) in [6, 6.07) is 15.6. The topological polar surface area (TPSA) is 74.6 Å². The Bertz CT molecular complexity index is 799. The van der Waals surface area contributed by atoms with Crippen molar-refractivity contribution < 1.29 is 19.8 Å². The van der Waals surface area contributed by atoms with E-state index in [2.05, 4.69) is 0 Å². The lowest BCUT2D eigenvalue weighted by Crippen LogP contribution is -2.52. The summed E-state index contributed by atoms with van der Waals surface area (Å²) in [7, 11) is 0. The number of aliphatic carboxylic acids is 2. The number of carbonyl (C=O) groups is 2. The van der Waals surface area contributed by atoms with E-state index in [1.165, 1.54) is 0 Å². The van der Waals surface area contributed by atoms with Gasteiger partial charge in [0.2, 0.25) is 0 Å². The number of hydrogen-bond donors (Lipinski definition) is 2. The van der Waals surface area contributed by atoms with E-state index in [0.717, 1.165) is 22.3 Å². The average Bonchev–Trinajstić information content (AvgIpc) is 2.68. The lowest BCUT2D eigenvalue weighted by molar-refractivity contribution is -0.150. The highest BCUT2D eigenvalue weighted by molar-refractivity contribution is 5.81. The van der Waals surface area contributed by atoms with Crippen molar-refractivity contribution in [3.63, 3.8) is 0 Å². The zero-order chi connectivity index (χ0) is 20.3. The highest BCUT2D eigenvalue weighted by Crippen LogP contribution is 2.54. The van der Waals surface area contributed by atoms with Crippen LogP contribution in [0.25, 0.3) is 0 Å². The molecule has 0 bridgehead atoms. The summed E-state index contributed by atoms with van der Waals surface area (Å²) in [4.78, 5) is 25.1. The number of fused-ring (bicyclic) bond motifs is 2. The minimum Gasteiger partial charge on any atom is -0.481 e. The Morgan fingerprint density at radius 1 is 0.821 bits per heavy atom. The summed E-state index contributed by atoms with van der Waals surface area (Å²) >= 11 is 0. The molecule has 4 heteroatoms. The third kappa shape index (κ3) is 3.11. The molecule has 1 aliphatic rings. The SMILES string of the molecule is CCCC(C(=O)O)C1(C(CCC)C(=O)O)c2ccccc2Cc2ccccc21. The molecule has 2 aromatic carbocycles. The van der Waals surface area contributed by atoms with E-state index in [-0.39, 0.29) is 0 Å². The first kappa shape index (κ1) is 20.1. The van der Waals surface area contributed by atoms with Gasteiger partial charge in [-0.1, -0.05) is 75.2 Å². The van der Waals surface area contributed by atoms with Gasteiger partial charge >= 0.3 is 11.9 Å². The van der Waals surface area contributed by atoms with Crippen LogP contribution in [-0.2, 0) is 21.4 Å². The van der Waals surface area contributed by atoms with E-state index in [1.807, 2.05) is 62.4 Å². The van der Waals surface area contributed by atoms with E-state index >= 15 is 0 Å². The van der Waals surface area contributed by atoms with Gasteiger partial charge in [0.15, 0.2) is 0 Å². The molecular weight excluding hydrogens is 352 g/mol. The molecule has 0 saturated carbocycles. The van der Waals surface area contributed by atoms with Gasteiger partial charge < -0.3 is 10.2 Å². The van der Waals surface area contributed by atoms with Gasteiger partial charge in [-0.2, -0.15) is 0 Å². The zero-order valence-corrected chi connectivity index (χ0v) is 16.5. The number of carboxylic acid groups (broad SMARTS) is 2. The Labute approximate surface area is 166 Å². The van der Waals surface area contributed by atoms with Crippen LogP contribution in [0.15, 0.2) is 48.5 Å². The van der Waals surface area contributed by atoms with Crippen LogP contribution in [0.1, 0.15) is 61.8 Å². The van der Waals surface area contributed by atoms with E-state index in [0.29, 0.717) is 32.1 Å². The highest BCUT2D eigenvalue weighted by Gasteiger charge is 2.56. The van der Waals surface area contributed by atoms with Gasteiger partial charge in [-0.05, 0) is 41.5 Å². The van der Waals surface area contributed by atoms with Crippen LogP contribution < -0.4 is 0 Å². The van der Waals surface area contributed by atoms with Crippen LogP contribution in [0.2, 0.25) is 0 Å². The maximum absolute atomic E-state index is 12.6. The summed E-state index contributed by atoms with van der Waals surface area (Å²) in [6.07, 6.45) is 2.94. The minimum atomic E-state index is -1.07. The molecule has 0 aromatic heterocycles. The van der Waals surface area contributed by atoms with Crippen molar-refractivity contribution in [2.75, 3.05) is 0 Å². The second-order valence-electron chi connectivity index (χ2n) is 7.72. The smallest absolute Gasteiger partial charge is 0.307 e. The van der Waals surface area contributed by atoms with Crippen LogP contribution in [0.3, 0.4) is 0 Å². The Hall–Kier alpha value is -2.62. The third-order valence-electron chi connectivity index (χ3n) is 6.16. The molecule has 0 radical (unpaired) electrons. The molecule has 2 N–H and O–H groups in total.